The number of rotatable bonds is 6. The largest absolute Gasteiger partial charge is 0.396 e. The Labute approximate surface area is 165 Å². The summed E-state index contributed by atoms with van der Waals surface area (Å²) in [4.78, 5) is 0. The number of aliphatic hydroxyl groups is 1. The van der Waals surface area contributed by atoms with Crippen molar-refractivity contribution in [2.24, 2.45) is 0 Å². The fourth-order valence-corrected chi connectivity index (χ4v) is 2.79. The molecule has 2 aromatic rings. The summed E-state index contributed by atoms with van der Waals surface area (Å²) in [6.45, 7) is 4.23. The molecule has 0 spiro atoms. The predicted molar refractivity (Wildman–Crippen MR) is 108 cm³/mol. The van der Waals surface area contributed by atoms with Crippen LogP contribution in [0.25, 0.3) is 0 Å². The van der Waals surface area contributed by atoms with E-state index in [1.165, 1.54) is 0 Å². The Bertz CT molecular complexity index is 820. The molecular weight excluding hydrogens is 395 g/mol. The van der Waals surface area contributed by atoms with Crippen LogP contribution in [0.5, 0.6) is 0 Å². The van der Waals surface area contributed by atoms with Gasteiger partial charge in [0.25, 0.3) is 10.1 Å². The molecule has 0 bridgehead atoms. The van der Waals surface area contributed by atoms with Crippen LogP contribution in [0, 0.1) is 13.8 Å². The standard InChI is InChI=1S/C10H13ClO3S.C9H11ClO/c1-8-7-9(3-4-10(8)11)5-6-14-15(2,12)13;1-7-6-8(4-5-11)2-3-9(7)10/h3-4,7H,5-6H2,1-2H3;2-3,6,11H,4-5H2,1H3. The number of halogens is 2. The monoisotopic (exact) mass is 418 g/mol. The predicted octanol–water partition coefficient (Wildman–Crippen LogP) is 4.35. The summed E-state index contributed by atoms with van der Waals surface area (Å²) < 4.78 is 26.0. The average molecular weight is 419 g/mol. The first-order valence-electron chi connectivity index (χ1n) is 8.07. The highest BCUT2D eigenvalue weighted by molar-refractivity contribution is 7.85. The van der Waals surface area contributed by atoms with Crippen molar-refractivity contribution >= 4 is 33.3 Å². The minimum atomic E-state index is -3.34. The zero-order chi connectivity index (χ0) is 19.7. The molecule has 2 aromatic carbocycles. The third-order valence-electron chi connectivity index (χ3n) is 3.53. The molecule has 0 fully saturated rings. The second-order valence-corrected chi connectivity index (χ2v) is 8.38. The highest BCUT2D eigenvalue weighted by Crippen LogP contribution is 2.17. The first kappa shape index (κ1) is 22.9. The molecular formula is C19H24Cl2O4S. The van der Waals surface area contributed by atoms with Gasteiger partial charge in [-0.25, -0.2) is 0 Å². The van der Waals surface area contributed by atoms with Gasteiger partial charge in [0.1, 0.15) is 0 Å². The summed E-state index contributed by atoms with van der Waals surface area (Å²) in [6.07, 6.45) is 2.31. The highest BCUT2D eigenvalue weighted by Gasteiger charge is 2.02. The summed E-state index contributed by atoms with van der Waals surface area (Å²) in [5.41, 5.74) is 4.20. The van der Waals surface area contributed by atoms with Crippen LogP contribution in [0.1, 0.15) is 22.3 Å². The number of hydrogen-bond acceptors (Lipinski definition) is 4. The Hall–Kier alpha value is -1.11. The molecule has 0 amide bonds. The summed E-state index contributed by atoms with van der Waals surface area (Å²) >= 11 is 11.7. The minimum absolute atomic E-state index is 0.167. The van der Waals surface area contributed by atoms with E-state index in [-0.39, 0.29) is 13.2 Å². The first-order chi connectivity index (χ1) is 12.1. The number of aryl methyl sites for hydroxylation is 2. The second kappa shape index (κ2) is 10.9. The van der Waals surface area contributed by atoms with Gasteiger partial charge in [-0.05, 0) is 61.1 Å². The number of benzene rings is 2. The van der Waals surface area contributed by atoms with Crippen LogP contribution in [-0.4, -0.2) is 33.0 Å². The van der Waals surface area contributed by atoms with Gasteiger partial charge in [-0.2, -0.15) is 8.42 Å². The molecule has 7 heteroatoms. The molecule has 0 atom stereocenters. The molecule has 0 saturated carbocycles. The molecule has 0 saturated heterocycles. The van der Waals surface area contributed by atoms with Gasteiger partial charge in [0.05, 0.1) is 12.9 Å². The van der Waals surface area contributed by atoms with E-state index in [4.69, 9.17) is 28.3 Å². The normalized spacial score (nSPS) is 11.0. The maximum Gasteiger partial charge on any atom is 0.264 e. The maximum absolute atomic E-state index is 10.7. The van der Waals surface area contributed by atoms with Crippen LogP contribution in [0.15, 0.2) is 36.4 Å². The SMILES string of the molecule is Cc1cc(CCO)ccc1Cl.Cc1cc(CCOS(C)(=O)=O)ccc1Cl. The van der Waals surface area contributed by atoms with E-state index < -0.39 is 10.1 Å². The zero-order valence-electron chi connectivity index (χ0n) is 15.1. The Morgan fingerprint density at radius 1 is 0.923 bits per heavy atom. The smallest absolute Gasteiger partial charge is 0.264 e. The highest BCUT2D eigenvalue weighted by atomic mass is 35.5. The van der Waals surface area contributed by atoms with Gasteiger partial charge in [-0.3, -0.25) is 4.18 Å². The van der Waals surface area contributed by atoms with Crippen LogP contribution in [0.4, 0.5) is 0 Å². The quantitative estimate of drug-likeness (QED) is 0.708. The van der Waals surface area contributed by atoms with Crippen molar-refractivity contribution in [2.45, 2.75) is 26.7 Å². The van der Waals surface area contributed by atoms with Crippen molar-refractivity contribution in [3.8, 4) is 0 Å². The molecule has 0 aromatic heterocycles. The van der Waals surface area contributed by atoms with Crippen LogP contribution in [-0.2, 0) is 27.1 Å². The Morgan fingerprint density at radius 3 is 1.77 bits per heavy atom. The van der Waals surface area contributed by atoms with Gasteiger partial charge in [-0.1, -0.05) is 47.5 Å². The lowest BCUT2D eigenvalue weighted by molar-refractivity contribution is 0.299. The topological polar surface area (TPSA) is 63.6 Å². The number of hydrogen-bond donors (Lipinski definition) is 1. The van der Waals surface area contributed by atoms with Crippen molar-refractivity contribution in [1.82, 2.24) is 0 Å². The van der Waals surface area contributed by atoms with E-state index in [0.717, 1.165) is 33.5 Å². The van der Waals surface area contributed by atoms with Crippen molar-refractivity contribution < 1.29 is 17.7 Å². The molecule has 0 aliphatic rings. The second-order valence-electron chi connectivity index (χ2n) is 5.92. The van der Waals surface area contributed by atoms with Gasteiger partial charge in [0, 0.05) is 16.7 Å². The van der Waals surface area contributed by atoms with Crippen molar-refractivity contribution in [1.29, 1.82) is 0 Å². The summed E-state index contributed by atoms with van der Waals surface area (Å²) in [5.74, 6) is 0. The first-order valence-corrected chi connectivity index (χ1v) is 10.6. The molecule has 1 N–H and O–H groups in total. The van der Waals surface area contributed by atoms with E-state index >= 15 is 0 Å². The Morgan fingerprint density at radius 2 is 1.38 bits per heavy atom. The molecule has 144 valence electrons. The van der Waals surface area contributed by atoms with Crippen LogP contribution in [0.2, 0.25) is 10.0 Å². The van der Waals surface area contributed by atoms with Crippen molar-refractivity contribution in [3.63, 3.8) is 0 Å². The van der Waals surface area contributed by atoms with E-state index in [1.54, 1.807) is 6.07 Å². The van der Waals surface area contributed by atoms with Crippen molar-refractivity contribution in [2.75, 3.05) is 19.5 Å². The lowest BCUT2D eigenvalue weighted by Crippen LogP contribution is -2.06. The van der Waals surface area contributed by atoms with Gasteiger partial charge in [0.15, 0.2) is 0 Å². The fraction of sp³-hybridized carbons (Fsp3) is 0.368. The van der Waals surface area contributed by atoms with E-state index in [0.29, 0.717) is 17.9 Å². The Kier molecular flexibility index (Phi) is 9.61. The minimum Gasteiger partial charge on any atom is -0.396 e. The maximum atomic E-state index is 10.7. The third-order valence-corrected chi connectivity index (χ3v) is 4.98. The zero-order valence-corrected chi connectivity index (χ0v) is 17.5. The molecule has 26 heavy (non-hydrogen) atoms. The van der Waals surface area contributed by atoms with Gasteiger partial charge >= 0.3 is 0 Å². The van der Waals surface area contributed by atoms with Crippen LogP contribution < -0.4 is 0 Å². The summed E-state index contributed by atoms with van der Waals surface area (Å²) in [6, 6.07) is 11.4. The van der Waals surface area contributed by atoms with Crippen LogP contribution in [0.3, 0.4) is 0 Å². The van der Waals surface area contributed by atoms with Gasteiger partial charge in [0.2, 0.25) is 0 Å². The number of aliphatic hydroxyl groups excluding tert-OH is 1. The molecule has 0 heterocycles. The lowest BCUT2D eigenvalue weighted by atomic mass is 10.1. The molecule has 4 nitrogen and oxygen atoms in total. The van der Waals surface area contributed by atoms with E-state index in [2.05, 4.69) is 4.18 Å². The van der Waals surface area contributed by atoms with Gasteiger partial charge in [-0.15, -0.1) is 0 Å². The van der Waals surface area contributed by atoms with Gasteiger partial charge < -0.3 is 5.11 Å². The summed E-state index contributed by atoms with van der Waals surface area (Å²) in [5, 5.41) is 10.1. The molecule has 0 aliphatic heterocycles. The third kappa shape index (κ3) is 9.01. The fourth-order valence-electron chi connectivity index (χ4n) is 2.16. The van der Waals surface area contributed by atoms with E-state index in [9.17, 15) is 8.42 Å². The van der Waals surface area contributed by atoms with Crippen LogP contribution >= 0.6 is 23.2 Å². The Balaban J connectivity index is 0.000000273. The summed E-state index contributed by atoms with van der Waals surface area (Å²) in [7, 11) is -3.34. The molecule has 2 rings (SSSR count). The molecule has 0 aliphatic carbocycles. The van der Waals surface area contributed by atoms with Crippen molar-refractivity contribution in [3.05, 3.63) is 68.7 Å². The molecule has 0 radical (unpaired) electrons. The van der Waals surface area contributed by atoms with E-state index in [1.807, 2.05) is 44.2 Å². The average Bonchev–Trinajstić information content (AvgIpc) is 2.54. The lowest BCUT2D eigenvalue weighted by Gasteiger charge is -2.04. The molecule has 0 unspecified atom stereocenters.